The molecule has 2 rings (SSSR count). The summed E-state index contributed by atoms with van der Waals surface area (Å²) < 4.78 is 37.4. The van der Waals surface area contributed by atoms with Crippen molar-refractivity contribution in [1.82, 2.24) is 4.90 Å². The molecular weight excluding hydrogens is 321 g/mol. The van der Waals surface area contributed by atoms with Gasteiger partial charge < -0.3 is 5.32 Å². The van der Waals surface area contributed by atoms with Crippen LogP contribution in [0.1, 0.15) is 24.0 Å². The van der Waals surface area contributed by atoms with Gasteiger partial charge in [-0.25, -0.2) is 0 Å². The van der Waals surface area contributed by atoms with Gasteiger partial charge >= 0.3 is 6.18 Å². The molecule has 1 aliphatic rings. The lowest BCUT2D eigenvalue weighted by Gasteiger charge is -2.32. The summed E-state index contributed by atoms with van der Waals surface area (Å²) in [5.41, 5.74) is 0.686. The van der Waals surface area contributed by atoms with Crippen LogP contribution in [0, 0.1) is 28.6 Å². The summed E-state index contributed by atoms with van der Waals surface area (Å²) in [5, 5.41) is 20.4. The Morgan fingerprint density at radius 1 is 1.29 bits per heavy atom. The Kier molecular flexibility index (Phi) is 5.42. The molecule has 1 saturated heterocycles. The average molecular weight is 336 g/mol. The quantitative estimate of drug-likeness (QED) is 0.920. The molecule has 8 heteroatoms. The van der Waals surface area contributed by atoms with E-state index in [0.29, 0.717) is 25.1 Å². The number of carbonyl (C=O) groups is 1. The van der Waals surface area contributed by atoms with E-state index in [1.807, 2.05) is 12.1 Å². The second kappa shape index (κ2) is 7.33. The summed E-state index contributed by atoms with van der Waals surface area (Å²) in [7, 11) is 0. The summed E-state index contributed by atoms with van der Waals surface area (Å²) in [6.45, 7) is -0.655. The highest BCUT2D eigenvalue weighted by Crippen LogP contribution is 2.24. The van der Waals surface area contributed by atoms with E-state index in [9.17, 15) is 18.0 Å². The number of nitrogens with zero attached hydrogens (tertiary/aromatic N) is 3. The first-order chi connectivity index (χ1) is 11.3. The molecule has 1 atom stereocenters. The number of amides is 1. The molecule has 0 unspecified atom stereocenters. The van der Waals surface area contributed by atoms with E-state index in [-0.39, 0.29) is 23.6 Å². The normalized spacial score (nSPS) is 18.5. The molecule has 1 aliphatic heterocycles. The molecule has 5 nitrogen and oxygen atoms in total. The standard InChI is InChI=1S/C16H15F3N4O/c17-16(18,19)10-23-5-1-2-12(9-23)15(24)22-14-4-3-11(7-20)13(6-14)8-21/h3-4,6,12H,1-2,5,9-10H2,(H,22,24)/t12-/m1/s1. The highest BCUT2D eigenvalue weighted by molar-refractivity contribution is 5.93. The van der Waals surface area contributed by atoms with Crippen LogP contribution < -0.4 is 5.32 Å². The fourth-order valence-electron chi connectivity index (χ4n) is 2.72. The molecule has 1 fully saturated rings. The zero-order valence-corrected chi connectivity index (χ0v) is 12.7. The van der Waals surface area contributed by atoms with Gasteiger partial charge in [0.1, 0.15) is 12.1 Å². The molecule has 0 aliphatic carbocycles. The largest absolute Gasteiger partial charge is 0.401 e. The zero-order valence-electron chi connectivity index (χ0n) is 12.7. The minimum Gasteiger partial charge on any atom is -0.326 e. The van der Waals surface area contributed by atoms with Crippen molar-refractivity contribution in [3.8, 4) is 12.1 Å². The van der Waals surface area contributed by atoms with Crippen LogP contribution in [0.2, 0.25) is 0 Å². The Labute approximate surface area is 137 Å². The highest BCUT2D eigenvalue weighted by Gasteiger charge is 2.34. The van der Waals surface area contributed by atoms with Crippen molar-refractivity contribution in [3.05, 3.63) is 29.3 Å². The molecule has 0 aromatic heterocycles. The number of likely N-dealkylation sites (tertiary alicyclic amines) is 1. The molecule has 1 heterocycles. The molecule has 1 aromatic carbocycles. The summed E-state index contributed by atoms with van der Waals surface area (Å²) in [4.78, 5) is 13.5. The van der Waals surface area contributed by atoms with Crippen LogP contribution >= 0.6 is 0 Å². The van der Waals surface area contributed by atoms with E-state index in [1.54, 1.807) is 0 Å². The zero-order chi connectivity index (χ0) is 17.7. The van der Waals surface area contributed by atoms with Crippen LogP contribution in [0.25, 0.3) is 0 Å². The third kappa shape index (κ3) is 4.71. The summed E-state index contributed by atoms with van der Waals surface area (Å²) in [6.07, 6.45) is -3.25. The van der Waals surface area contributed by atoms with E-state index < -0.39 is 18.6 Å². The van der Waals surface area contributed by atoms with E-state index >= 15 is 0 Å². The maximum atomic E-state index is 12.5. The predicted octanol–water partition coefficient (Wildman–Crippen LogP) is 2.64. The first kappa shape index (κ1) is 17.8. The van der Waals surface area contributed by atoms with Crippen LogP contribution in [0.5, 0.6) is 0 Å². The van der Waals surface area contributed by atoms with Crippen molar-refractivity contribution in [2.75, 3.05) is 25.0 Å². The average Bonchev–Trinajstić information content (AvgIpc) is 2.53. The van der Waals surface area contributed by atoms with Gasteiger partial charge in [-0.05, 0) is 37.6 Å². The van der Waals surface area contributed by atoms with Crippen LogP contribution in [-0.2, 0) is 4.79 Å². The Morgan fingerprint density at radius 2 is 2.00 bits per heavy atom. The number of alkyl halides is 3. The van der Waals surface area contributed by atoms with Crippen molar-refractivity contribution >= 4 is 11.6 Å². The number of carbonyl (C=O) groups excluding carboxylic acids is 1. The molecule has 1 N–H and O–H groups in total. The van der Waals surface area contributed by atoms with Gasteiger partial charge in [0, 0.05) is 12.2 Å². The first-order valence-electron chi connectivity index (χ1n) is 7.36. The number of nitriles is 2. The fraction of sp³-hybridized carbons (Fsp3) is 0.438. The number of benzene rings is 1. The first-order valence-corrected chi connectivity index (χ1v) is 7.36. The van der Waals surface area contributed by atoms with E-state index in [1.165, 1.54) is 23.1 Å². The van der Waals surface area contributed by atoms with Crippen LogP contribution in [0.15, 0.2) is 18.2 Å². The van der Waals surface area contributed by atoms with Crippen molar-refractivity contribution in [2.45, 2.75) is 19.0 Å². The third-order valence-corrected chi connectivity index (χ3v) is 3.81. The monoisotopic (exact) mass is 336 g/mol. The van der Waals surface area contributed by atoms with Crippen LogP contribution in [-0.4, -0.2) is 36.6 Å². The molecular formula is C16H15F3N4O. The van der Waals surface area contributed by atoms with Gasteiger partial charge in [-0.2, -0.15) is 23.7 Å². The third-order valence-electron chi connectivity index (χ3n) is 3.81. The number of hydrogen-bond acceptors (Lipinski definition) is 4. The summed E-state index contributed by atoms with van der Waals surface area (Å²) in [6, 6.07) is 8.03. The Hall–Kier alpha value is -2.58. The van der Waals surface area contributed by atoms with Gasteiger partial charge in [0.05, 0.1) is 23.6 Å². The smallest absolute Gasteiger partial charge is 0.326 e. The number of piperidine rings is 1. The SMILES string of the molecule is N#Cc1ccc(NC(=O)[C@@H]2CCCN(CC(F)(F)F)C2)cc1C#N. The Morgan fingerprint density at radius 3 is 2.62 bits per heavy atom. The lowest BCUT2D eigenvalue weighted by molar-refractivity contribution is -0.151. The van der Waals surface area contributed by atoms with E-state index in [4.69, 9.17) is 10.5 Å². The van der Waals surface area contributed by atoms with Crippen LogP contribution in [0.4, 0.5) is 18.9 Å². The highest BCUT2D eigenvalue weighted by atomic mass is 19.4. The number of nitrogens with one attached hydrogen (secondary N) is 1. The minimum atomic E-state index is -4.28. The second-order valence-electron chi connectivity index (χ2n) is 5.66. The van der Waals surface area contributed by atoms with Gasteiger partial charge in [-0.1, -0.05) is 0 Å². The number of anilines is 1. The predicted molar refractivity (Wildman–Crippen MR) is 79.7 cm³/mol. The van der Waals surface area contributed by atoms with Gasteiger partial charge in [-0.15, -0.1) is 0 Å². The minimum absolute atomic E-state index is 0.0483. The summed E-state index contributed by atoms with van der Waals surface area (Å²) >= 11 is 0. The Balaban J connectivity index is 2.02. The molecule has 0 bridgehead atoms. The van der Waals surface area contributed by atoms with Gasteiger partial charge in [0.25, 0.3) is 0 Å². The van der Waals surface area contributed by atoms with Gasteiger partial charge in [0.2, 0.25) is 5.91 Å². The van der Waals surface area contributed by atoms with Crippen molar-refractivity contribution in [3.63, 3.8) is 0 Å². The maximum Gasteiger partial charge on any atom is 0.401 e. The molecule has 1 aromatic rings. The Bertz CT molecular complexity index is 703. The topological polar surface area (TPSA) is 79.9 Å². The van der Waals surface area contributed by atoms with E-state index in [0.717, 1.165) is 0 Å². The van der Waals surface area contributed by atoms with E-state index in [2.05, 4.69) is 5.32 Å². The number of halogens is 3. The fourth-order valence-corrected chi connectivity index (χ4v) is 2.72. The van der Waals surface area contributed by atoms with Gasteiger partial charge in [-0.3, -0.25) is 9.69 Å². The number of rotatable bonds is 3. The van der Waals surface area contributed by atoms with Crippen molar-refractivity contribution in [1.29, 1.82) is 10.5 Å². The molecule has 24 heavy (non-hydrogen) atoms. The molecule has 126 valence electrons. The van der Waals surface area contributed by atoms with Gasteiger partial charge in [0.15, 0.2) is 0 Å². The lowest BCUT2D eigenvalue weighted by atomic mass is 9.97. The summed E-state index contributed by atoms with van der Waals surface area (Å²) in [5.74, 6) is -0.919. The van der Waals surface area contributed by atoms with Crippen molar-refractivity contribution in [2.24, 2.45) is 5.92 Å². The molecule has 0 saturated carbocycles. The molecule has 1 amide bonds. The second-order valence-corrected chi connectivity index (χ2v) is 5.66. The van der Waals surface area contributed by atoms with Crippen molar-refractivity contribution < 1.29 is 18.0 Å². The molecule has 0 radical (unpaired) electrons. The number of hydrogen-bond donors (Lipinski definition) is 1. The maximum absolute atomic E-state index is 12.5. The lowest BCUT2D eigenvalue weighted by Crippen LogP contribution is -2.44. The van der Waals surface area contributed by atoms with Crippen LogP contribution in [0.3, 0.4) is 0 Å². The molecule has 0 spiro atoms.